The Bertz CT molecular complexity index is 1060. The molecule has 0 unspecified atom stereocenters. The number of anilines is 1. The maximum absolute atomic E-state index is 13.1. The smallest absolute Gasteiger partial charge is 0.332 e. The second kappa shape index (κ2) is 7.66. The van der Waals surface area contributed by atoms with E-state index in [-0.39, 0.29) is 23.6 Å². The third kappa shape index (κ3) is 3.87. The number of hydrogen-bond donors (Lipinski definition) is 1. The topological polar surface area (TPSA) is 70.0 Å². The van der Waals surface area contributed by atoms with Crippen LogP contribution in [-0.4, -0.2) is 9.13 Å². The molecule has 3 aromatic rings. The van der Waals surface area contributed by atoms with Gasteiger partial charge in [-0.3, -0.25) is 13.9 Å². The van der Waals surface area contributed by atoms with Crippen molar-refractivity contribution in [2.24, 2.45) is 0 Å². The van der Waals surface area contributed by atoms with Crippen molar-refractivity contribution >= 4 is 5.82 Å². The lowest BCUT2D eigenvalue weighted by molar-refractivity contribution is 0.599. The average Bonchev–Trinajstić information content (AvgIpc) is 2.66. The van der Waals surface area contributed by atoms with Gasteiger partial charge in [0, 0.05) is 13.0 Å². The molecule has 1 aromatic heterocycles. The molecule has 140 valence electrons. The zero-order valence-electron chi connectivity index (χ0n) is 16.0. The summed E-state index contributed by atoms with van der Waals surface area (Å²) < 4.78 is 2.76. The molecule has 2 N–H and O–H groups in total. The predicted molar refractivity (Wildman–Crippen MR) is 109 cm³/mol. The molecular formula is C22H25N3O2. The lowest BCUT2D eigenvalue weighted by atomic mass is 10.0. The molecule has 3 rings (SSSR count). The number of nitrogen functional groups attached to an aromatic ring is 1. The normalized spacial score (nSPS) is 10.9. The highest BCUT2D eigenvalue weighted by molar-refractivity contribution is 5.42. The molecule has 0 aliphatic carbocycles. The minimum atomic E-state index is -0.367. The highest BCUT2D eigenvalue weighted by atomic mass is 16.2. The van der Waals surface area contributed by atoms with Gasteiger partial charge in [-0.15, -0.1) is 0 Å². The third-order valence-electron chi connectivity index (χ3n) is 4.84. The van der Waals surface area contributed by atoms with Gasteiger partial charge in [-0.25, -0.2) is 4.79 Å². The molecule has 0 saturated carbocycles. The van der Waals surface area contributed by atoms with Crippen molar-refractivity contribution in [1.29, 1.82) is 0 Å². The summed E-state index contributed by atoms with van der Waals surface area (Å²) in [4.78, 5) is 25.9. The zero-order valence-corrected chi connectivity index (χ0v) is 16.0. The predicted octanol–water partition coefficient (Wildman–Crippen LogP) is 2.87. The van der Waals surface area contributed by atoms with Gasteiger partial charge >= 0.3 is 5.69 Å². The van der Waals surface area contributed by atoms with Gasteiger partial charge in [-0.05, 0) is 31.9 Å². The van der Waals surface area contributed by atoms with Crippen LogP contribution in [0.4, 0.5) is 5.82 Å². The number of aromatic nitrogens is 2. The summed E-state index contributed by atoms with van der Waals surface area (Å²) in [6.07, 6.45) is 0.402. The van der Waals surface area contributed by atoms with Crippen LogP contribution in [0.15, 0.2) is 58.1 Å². The molecule has 0 aliphatic heterocycles. The fraction of sp³-hybridized carbons (Fsp3) is 0.273. The summed E-state index contributed by atoms with van der Waals surface area (Å²) >= 11 is 0. The molecule has 5 nitrogen and oxygen atoms in total. The van der Waals surface area contributed by atoms with Crippen LogP contribution in [0.25, 0.3) is 0 Å². The fourth-order valence-electron chi connectivity index (χ4n) is 3.17. The first-order valence-corrected chi connectivity index (χ1v) is 9.13. The Labute approximate surface area is 158 Å². The maximum atomic E-state index is 13.1. The number of hydrogen-bond acceptors (Lipinski definition) is 3. The van der Waals surface area contributed by atoms with Gasteiger partial charge in [0.2, 0.25) is 0 Å². The van der Waals surface area contributed by atoms with Gasteiger partial charge in [0.15, 0.2) is 0 Å². The molecule has 0 fully saturated rings. The summed E-state index contributed by atoms with van der Waals surface area (Å²) in [6.45, 7) is 6.53. The number of aryl methyl sites for hydroxylation is 2. The van der Waals surface area contributed by atoms with Crippen molar-refractivity contribution in [2.45, 2.75) is 40.3 Å². The van der Waals surface area contributed by atoms with E-state index in [1.807, 2.05) is 69.3 Å². The van der Waals surface area contributed by atoms with Gasteiger partial charge in [-0.1, -0.05) is 59.7 Å². The van der Waals surface area contributed by atoms with Gasteiger partial charge in [0.1, 0.15) is 5.82 Å². The van der Waals surface area contributed by atoms with Gasteiger partial charge in [0.25, 0.3) is 5.56 Å². The van der Waals surface area contributed by atoms with Crippen molar-refractivity contribution in [3.63, 3.8) is 0 Å². The van der Waals surface area contributed by atoms with Crippen LogP contribution in [0.3, 0.4) is 0 Å². The summed E-state index contributed by atoms with van der Waals surface area (Å²) in [6, 6.07) is 15.8. The van der Waals surface area contributed by atoms with E-state index in [2.05, 4.69) is 0 Å². The van der Waals surface area contributed by atoms with Crippen LogP contribution < -0.4 is 17.0 Å². The minimum Gasteiger partial charge on any atom is -0.385 e. The Morgan fingerprint density at radius 3 is 1.85 bits per heavy atom. The molecule has 0 amide bonds. The van der Waals surface area contributed by atoms with Crippen LogP contribution in [-0.2, 0) is 19.5 Å². The molecule has 2 aromatic carbocycles. The molecule has 5 heteroatoms. The second-order valence-electron chi connectivity index (χ2n) is 6.93. The lowest BCUT2D eigenvalue weighted by Crippen LogP contribution is -2.43. The van der Waals surface area contributed by atoms with E-state index in [4.69, 9.17) is 5.73 Å². The largest absolute Gasteiger partial charge is 0.385 e. The maximum Gasteiger partial charge on any atom is 0.332 e. The highest BCUT2D eigenvalue weighted by Crippen LogP contribution is 2.13. The van der Waals surface area contributed by atoms with Crippen LogP contribution in [0.5, 0.6) is 0 Å². The van der Waals surface area contributed by atoms with E-state index in [0.29, 0.717) is 18.5 Å². The van der Waals surface area contributed by atoms with Gasteiger partial charge in [0.05, 0.1) is 12.1 Å². The SMILES string of the molecule is CCn1c(N)c(Cc2ccc(C)cc2)c(=O)n(Cc2ccc(C)cc2)c1=O. The van der Waals surface area contributed by atoms with E-state index in [1.165, 1.54) is 9.13 Å². The standard InChI is InChI=1S/C22H25N3O2/c1-4-24-20(23)19(13-17-9-5-15(2)6-10-17)21(26)25(22(24)27)14-18-11-7-16(3)8-12-18/h5-12H,4,13-14,23H2,1-3H3. The first kappa shape index (κ1) is 18.7. The molecule has 0 aliphatic rings. The number of benzene rings is 2. The monoisotopic (exact) mass is 363 g/mol. The third-order valence-corrected chi connectivity index (χ3v) is 4.84. The van der Waals surface area contributed by atoms with Crippen LogP contribution in [0.2, 0.25) is 0 Å². The Kier molecular flexibility index (Phi) is 5.31. The van der Waals surface area contributed by atoms with Crippen molar-refractivity contribution in [3.8, 4) is 0 Å². The van der Waals surface area contributed by atoms with Crippen molar-refractivity contribution < 1.29 is 0 Å². The summed E-state index contributed by atoms with van der Waals surface area (Å²) in [5.74, 6) is 0.258. The van der Waals surface area contributed by atoms with E-state index < -0.39 is 0 Å². The van der Waals surface area contributed by atoms with Crippen LogP contribution in [0.1, 0.15) is 34.7 Å². The molecule has 0 saturated heterocycles. The Balaban J connectivity index is 2.10. The van der Waals surface area contributed by atoms with Gasteiger partial charge in [-0.2, -0.15) is 0 Å². The number of nitrogens with zero attached hydrogens (tertiary/aromatic N) is 2. The Morgan fingerprint density at radius 1 is 0.815 bits per heavy atom. The van der Waals surface area contributed by atoms with E-state index >= 15 is 0 Å². The van der Waals surface area contributed by atoms with Gasteiger partial charge < -0.3 is 5.73 Å². The number of rotatable bonds is 5. The Hall–Kier alpha value is -3.08. The van der Waals surface area contributed by atoms with E-state index in [1.54, 1.807) is 0 Å². The van der Waals surface area contributed by atoms with Crippen LogP contribution in [0, 0.1) is 13.8 Å². The molecule has 27 heavy (non-hydrogen) atoms. The Morgan fingerprint density at radius 2 is 1.33 bits per heavy atom. The first-order chi connectivity index (χ1) is 12.9. The summed E-state index contributed by atoms with van der Waals surface area (Å²) in [7, 11) is 0. The van der Waals surface area contributed by atoms with Crippen LogP contribution >= 0.6 is 0 Å². The summed E-state index contributed by atoms with van der Waals surface area (Å²) in [5.41, 5.74) is 10.2. The molecule has 0 radical (unpaired) electrons. The van der Waals surface area contributed by atoms with E-state index in [9.17, 15) is 9.59 Å². The lowest BCUT2D eigenvalue weighted by Gasteiger charge is -2.16. The van der Waals surface area contributed by atoms with E-state index in [0.717, 1.165) is 22.3 Å². The number of nitrogens with two attached hydrogens (primary N) is 1. The second-order valence-corrected chi connectivity index (χ2v) is 6.93. The summed E-state index contributed by atoms with van der Waals surface area (Å²) in [5, 5.41) is 0. The fourth-order valence-corrected chi connectivity index (χ4v) is 3.17. The molecular weight excluding hydrogens is 338 g/mol. The quantitative estimate of drug-likeness (QED) is 0.758. The molecule has 0 atom stereocenters. The minimum absolute atomic E-state index is 0.235. The average molecular weight is 363 g/mol. The van der Waals surface area contributed by atoms with Crippen molar-refractivity contribution in [1.82, 2.24) is 9.13 Å². The first-order valence-electron chi connectivity index (χ1n) is 9.13. The molecule has 0 spiro atoms. The molecule has 0 bridgehead atoms. The van der Waals surface area contributed by atoms with Crippen molar-refractivity contribution in [2.75, 3.05) is 5.73 Å². The highest BCUT2D eigenvalue weighted by Gasteiger charge is 2.17. The zero-order chi connectivity index (χ0) is 19.6. The van der Waals surface area contributed by atoms with Crippen molar-refractivity contribution in [3.05, 3.63) is 97.2 Å². The molecule has 1 heterocycles.